The summed E-state index contributed by atoms with van der Waals surface area (Å²) >= 11 is 0. The van der Waals surface area contributed by atoms with E-state index in [4.69, 9.17) is 9.52 Å². The van der Waals surface area contributed by atoms with Crippen LogP contribution in [0.1, 0.15) is 62.2 Å². The van der Waals surface area contributed by atoms with E-state index >= 15 is 0 Å². The number of furan rings is 1. The molecule has 3 aromatic rings. The van der Waals surface area contributed by atoms with Crippen LogP contribution in [-0.2, 0) is 6.54 Å². The minimum atomic E-state index is -1.04. The quantitative estimate of drug-likeness (QED) is 0.670. The second kappa shape index (κ2) is 7.76. The fraction of sp³-hybridized carbons (Fsp3) is 0.273. The van der Waals surface area contributed by atoms with Crippen LogP contribution in [0.3, 0.4) is 0 Å². The van der Waals surface area contributed by atoms with Crippen LogP contribution >= 0.6 is 0 Å². The van der Waals surface area contributed by atoms with Gasteiger partial charge in [-0.1, -0.05) is 30.3 Å². The van der Waals surface area contributed by atoms with Crippen LogP contribution in [0.5, 0.6) is 0 Å². The van der Waals surface area contributed by atoms with E-state index < -0.39 is 5.97 Å². The molecule has 2 N–H and O–H groups in total. The number of aromatic carboxylic acids is 1. The largest absolute Gasteiger partial charge is 0.478 e. The monoisotopic (exact) mass is 380 g/mol. The molecule has 1 amide bonds. The SMILES string of the molecule is Cc1oc(CNC(=O)c2cc(C)n(C(C)c3ccccc3)c2C)cc1C(=O)O. The predicted octanol–water partition coefficient (Wildman–Crippen LogP) is 4.24. The van der Waals surface area contributed by atoms with Gasteiger partial charge in [0, 0.05) is 11.4 Å². The molecule has 0 saturated heterocycles. The van der Waals surface area contributed by atoms with Gasteiger partial charge >= 0.3 is 5.97 Å². The van der Waals surface area contributed by atoms with E-state index in [0.717, 1.165) is 11.4 Å². The van der Waals surface area contributed by atoms with Crippen LogP contribution in [0, 0.1) is 20.8 Å². The third kappa shape index (κ3) is 3.71. The molecule has 6 nitrogen and oxygen atoms in total. The highest BCUT2D eigenvalue weighted by Crippen LogP contribution is 2.25. The molecule has 0 fully saturated rings. The summed E-state index contributed by atoms with van der Waals surface area (Å²) in [5.74, 6) is -0.524. The zero-order chi connectivity index (χ0) is 20.4. The number of carboxylic acids is 1. The van der Waals surface area contributed by atoms with Gasteiger partial charge in [-0.3, -0.25) is 4.79 Å². The topological polar surface area (TPSA) is 84.5 Å². The summed E-state index contributed by atoms with van der Waals surface area (Å²) in [4.78, 5) is 23.8. The summed E-state index contributed by atoms with van der Waals surface area (Å²) in [6.07, 6.45) is 0. The van der Waals surface area contributed by atoms with Crippen molar-refractivity contribution < 1.29 is 19.1 Å². The van der Waals surface area contributed by atoms with Crippen LogP contribution < -0.4 is 5.32 Å². The fourth-order valence-corrected chi connectivity index (χ4v) is 3.59. The average molecular weight is 380 g/mol. The molecular weight excluding hydrogens is 356 g/mol. The molecule has 0 radical (unpaired) electrons. The molecule has 2 aromatic heterocycles. The molecule has 0 aliphatic heterocycles. The summed E-state index contributed by atoms with van der Waals surface area (Å²) in [6, 6.07) is 13.6. The van der Waals surface area contributed by atoms with E-state index in [9.17, 15) is 9.59 Å². The Morgan fingerprint density at radius 1 is 1.11 bits per heavy atom. The van der Waals surface area contributed by atoms with Gasteiger partial charge in [0.25, 0.3) is 5.91 Å². The number of aryl methyl sites for hydroxylation is 2. The number of rotatable bonds is 6. The summed E-state index contributed by atoms with van der Waals surface area (Å²) in [5.41, 5.74) is 3.76. The standard InChI is InChI=1S/C22H24N2O4/c1-13-10-19(15(3)24(13)14(2)17-8-6-5-7-9-17)21(25)23-12-18-11-20(22(26)27)16(4)28-18/h5-11,14H,12H2,1-4H3,(H,23,25)(H,26,27). The molecule has 2 heterocycles. The Morgan fingerprint density at radius 3 is 2.39 bits per heavy atom. The predicted molar refractivity (Wildman–Crippen MR) is 106 cm³/mol. The smallest absolute Gasteiger partial charge is 0.339 e. The number of hydrogen-bond acceptors (Lipinski definition) is 3. The number of carbonyl (C=O) groups is 2. The van der Waals surface area contributed by atoms with Crippen LogP contribution in [0.2, 0.25) is 0 Å². The Labute approximate surface area is 163 Å². The van der Waals surface area contributed by atoms with E-state index in [1.807, 2.05) is 38.1 Å². The van der Waals surface area contributed by atoms with Crippen molar-refractivity contribution in [2.24, 2.45) is 0 Å². The fourth-order valence-electron chi connectivity index (χ4n) is 3.59. The van der Waals surface area contributed by atoms with Gasteiger partial charge in [0.1, 0.15) is 17.1 Å². The van der Waals surface area contributed by atoms with Crippen molar-refractivity contribution in [1.82, 2.24) is 9.88 Å². The Kier molecular flexibility index (Phi) is 5.40. The zero-order valence-corrected chi connectivity index (χ0v) is 16.4. The van der Waals surface area contributed by atoms with Gasteiger partial charge in [0.15, 0.2) is 0 Å². The van der Waals surface area contributed by atoms with Crippen LogP contribution in [0.25, 0.3) is 0 Å². The van der Waals surface area contributed by atoms with Gasteiger partial charge in [-0.05, 0) is 45.4 Å². The summed E-state index contributed by atoms with van der Waals surface area (Å²) in [7, 11) is 0. The van der Waals surface area contributed by atoms with E-state index in [1.165, 1.54) is 11.6 Å². The molecule has 0 aliphatic carbocycles. The van der Waals surface area contributed by atoms with Gasteiger partial charge in [-0.15, -0.1) is 0 Å². The number of nitrogens with zero attached hydrogens (tertiary/aromatic N) is 1. The van der Waals surface area contributed by atoms with Crippen LogP contribution in [0.15, 0.2) is 46.9 Å². The summed E-state index contributed by atoms with van der Waals surface area (Å²) < 4.78 is 7.56. The first-order valence-corrected chi connectivity index (χ1v) is 9.13. The maximum absolute atomic E-state index is 12.7. The number of hydrogen-bond donors (Lipinski definition) is 2. The molecule has 3 rings (SSSR count). The van der Waals surface area contributed by atoms with Crippen molar-refractivity contribution in [3.05, 3.63) is 82.1 Å². The summed E-state index contributed by atoms with van der Waals surface area (Å²) in [5, 5.41) is 11.9. The van der Waals surface area contributed by atoms with Crippen molar-refractivity contribution in [3.8, 4) is 0 Å². The van der Waals surface area contributed by atoms with Crippen molar-refractivity contribution in [1.29, 1.82) is 0 Å². The average Bonchev–Trinajstić information content (AvgIpc) is 3.19. The highest BCUT2D eigenvalue weighted by atomic mass is 16.4. The van der Waals surface area contributed by atoms with Gasteiger partial charge in [0.05, 0.1) is 18.2 Å². The highest BCUT2D eigenvalue weighted by Gasteiger charge is 2.20. The third-order valence-corrected chi connectivity index (χ3v) is 5.02. The Balaban J connectivity index is 1.78. The molecule has 146 valence electrons. The second-order valence-electron chi connectivity index (χ2n) is 6.91. The van der Waals surface area contributed by atoms with Gasteiger partial charge in [-0.2, -0.15) is 0 Å². The third-order valence-electron chi connectivity index (χ3n) is 5.02. The van der Waals surface area contributed by atoms with Crippen molar-refractivity contribution >= 4 is 11.9 Å². The number of carboxylic acid groups (broad SMARTS) is 1. The minimum Gasteiger partial charge on any atom is -0.478 e. The van der Waals surface area contributed by atoms with E-state index in [-0.39, 0.29) is 24.1 Å². The Hall–Kier alpha value is -3.28. The molecule has 0 spiro atoms. The van der Waals surface area contributed by atoms with Gasteiger partial charge < -0.3 is 19.4 Å². The number of benzene rings is 1. The second-order valence-corrected chi connectivity index (χ2v) is 6.91. The van der Waals surface area contributed by atoms with Gasteiger partial charge in [-0.25, -0.2) is 4.79 Å². The zero-order valence-electron chi connectivity index (χ0n) is 16.4. The highest BCUT2D eigenvalue weighted by molar-refractivity contribution is 5.95. The lowest BCUT2D eigenvalue weighted by Gasteiger charge is -2.19. The van der Waals surface area contributed by atoms with Gasteiger partial charge in [0.2, 0.25) is 0 Å². The van der Waals surface area contributed by atoms with Crippen molar-refractivity contribution in [2.45, 2.75) is 40.3 Å². The maximum Gasteiger partial charge on any atom is 0.339 e. The van der Waals surface area contributed by atoms with Crippen LogP contribution in [-0.4, -0.2) is 21.6 Å². The molecular formula is C22H24N2O4. The number of nitrogens with one attached hydrogen (secondary N) is 1. The Bertz CT molecular complexity index is 1010. The van der Waals surface area contributed by atoms with Crippen molar-refractivity contribution in [2.75, 3.05) is 0 Å². The first-order chi connectivity index (χ1) is 13.3. The minimum absolute atomic E-state index is 0.105. The number of aromatic nitrogens is 1. The molecule has 0 bridgehead atoms. The molecule has 1 aromatic carbocycles. The lowest BCUT2D eigenvalue weighted by Crippen LogP contribution is -2.23. The molecule has 1 unspecified atom stereocenters. The van der Waals surface area contributed by atoms with Crippen LogP contribution in [0.4, 0.5) is 0 Å². The number of carbonyl (C=O) groups excluding carboxylic acids is 1. The molecule has 1 atom stereocenters. The lowest BCUT2D eigenvalue weighted by molar-refractivity contribution is 0.0694. The van der Waals surface area contributed by atoms with E-state index in [2.05, 4.69) is 28.9 Å². The normalized spacial score (nSPS) is 12.0. The molecule has 0 saturated carbocycles. The van der Waals surface area contributed by atoms with E-state index in [0.29, 0.717) is 17.1 Å². The van der Waals surface area contributed by atoms with E-state index in [1.54, 1.807) is 6.92 Å². The first-order valence-electron chi connectivity index (χ1n) is 9.13. The number of amides is 1. The first kappa shape index (κ1) is 19.5. The Morgan fingerprint density at radius 2 is 1.79 bits per heavy atom. The van der Waals surface area contributed by atoms with Crippen molar-refractivity contribution in [3.63, 3.8) is 0 Å². The molecule has 28 heavy (non-hydrogen) atoms. The molecule has 6 heteroatoms. The molecule has 0 aliphatic rings. The lowest BCUT2D eigenvalue weighted by atomic mass is 10.1. The summed E-state index contributed by atoms with van der Waals surface area (Å²) in [6.45, 7) is 7.74. The maximum atomic E-state index is 12.7.